The summed E-state index contributed by atoms with van der Waals surface area (Å²) in [6.45, 7) is 4.07. The number of halogens is 1. The van der Waals surface area contributed by atoms with Crippen molar-refractivity contribution in [1.29, 1.82) is 0 Å². The number of nitrogens with one attached hydrogen (secondary N) is 1. The minimum atomic E-state index is -3.43. The Morgan fingerprint density at radius 1 is 1.28 bits per heavy atom. The van der Waals surface area contributed by atoms with Crippen LogP contribution in [-0.4, -0.2) is 21.0 Å². The van der Waals surface area contributed by atoms with Crippen molar-refractivity contribution >= 4 is 10.0 Å². The Bertz CT molecular complexity index is 471. The smallest absolute Gasteiger partial charge is 0.215 e. The molecule has 1 aromatic rings. The molecule has 0 aliphatic carbocycles. The van der Waals surface area contributed by atoms with E-state index in [1.165, 1.54) is 24.3 Å². The molecular formula is C12H19FN2O2S. The first-order valence-electron chi connectivity index (χ1n) is 5.77. The highest BCUT2D eigenvalue weighted by atomic mass is 32.2. The lowest BCUT2D eigenvalue weighted by Crippen LogP contribution is -2.40. The molecule has 0 saturated carbocycles. The molecule has 0 amide bonds. The third-order valence-corrected chi connectivity index (χ3v) is 3.99. The molecule has 0 radical (unpaired) electrons. The molecule has 0 bridgehead atoms. The van der Waals surface area contributed by atoms with Crippen LogP contribution in [-0.2, 0) is 15.8 Å². The third kappa shape index (κ3) is 5.12. The summed E-state index contributed by atoms with van der Waals surface area (Å²) in [5.41, 5.74) is 6.30. The molecule has 0 aliphatic rings. The second-order valence-electron chi connectivity index (χ2n) is 4.64. The molecule has 0 aromatic heterocycles. The maximum absolute atomic E-state index is 12.7. The van der Waals surface area contributed by atoms with Crippen LogP contribution in [0.15, 0.2) is 24.3 Å². The van der Waals surface area contributed by atoms with E-state index in [2.05, 4.69) is 4.72 Å². The quantitative estimate of drug-likeness (QED) is 0.819. The first-order valence-corrected chi connectivity index (χ1v) is 7.43. The molecule has 0 fully saturated rings. The maximum atomic E-state index is 12.7. The first kappa shape index (κ1) is 15.1. The summed E-state index contributed by atoms with van der Waals surface area (Å²) in [6, 6.07) is 5.18. The highest BCUT2D eigenvalue weighted by Crippen LogP contribution is 2.07. The van der Waals surface area contributed by atoms with E-state index in [1.807, 2.05) is 13.8 Å². The van der Waals surface area contributed by atoms with E-state index in [0.29, 0.717) is 5.56 Å². The molecule has 102 valence electrons. The van der Waals surface area contributed by atoms with E-state index in [1.54, 1.807) is 0 Å². The van der Waals surface area contributed by atoms with Crippen LogP contribution in [0.25, 0.3) is 0 Å². The Kier molecular flexibility index (Phi) is 5.25. The Morgan fingerprint density at radius 2 is 1.83 bits per heavy atom. The summed E-state index contributed by atoms with van der Waals surface area (Å²) >= 11 is 0. The fourth-order valence-electron chi connectivity index (χ4n) is 1.31. The maximum Gasteiger partial charge on any atom is 0.215 e. The van der Waals surface area contributed by atoms with E-state index in [0.717, 1.165) is 0 Å². The van der Waals surface area contributed by atoms with Crippen LogP contribution in [0.5, 0.6) is 0 Å². The zero-order valence-electron chi connectivity index (χ0n) is 10.6. The van der Waals surface area contributed by atoms with Gasteiger partial charge in [0.2, 0.25) is 10.0 Å². The SMILES string of the molecule is CC(C)C(N)CNS(=O)(=O)Cc1ccc(F)cc1. The normalized spacial score (nSPS) is 13.8. The van der Waals surface area contributed by atoms with Crippen LogP contribution in [0.2, 0.25) is 0 Å². The zero-order valence-corrected chi connectivity index (χ0v) is 11.4. The minimum Gasteiger partial charge on any atom is -0.326 e. The van der Waals surface area contributed by atoms with Crippen LogP contribution < -0.4 is 10.5 Å². The Hall–Kier alpha value is -0.980. The molecule has 1 aromatic carbocycles. The van der Waals surface area contributed by atoms with Gasteiger partial charge in [-0.3, -0.25) is 0 Å². The molecule has 1 unspecified atom stereocenters. The predicted octanol–water partition coefficient (Wildman–Crippen LogP) is 1.23. The van der Waals surface area contributed by atoms with Crippen molar-refractivity contribution in [3.05, 3.63) is 35.6 Å². The van der Waals surface area contributed by atoms with Crippen molar-refractivity contribution < 1.29 is 12.8 Å². The van der Waals surface area contributed by atoms with Crippen molar-refractivity contribution in [2.45, 2.75) is 25.6 Å². The number of benzene rings is 1. The highest BCUT2D eigenvalue weighted by Gasteiger charge is 2.14. The van der Waals surface area contributed by atoms with Gasteiger partial charge in [-0.2, -0.15) is 0 Å². The van der Waals surface area contributed by atoms with Gasteiger partial charge in [-0.05, 0) is 23.6 Å². The number of sulfonamides is 1. The standard InChI is InChI=1S/C12H19FN2O2S/c1-9(2)12(14)7-15-18(16,17)8-10-3-5-11(13)6-4-10/h3-6,9,12,15H,7-8,14H2,1-2H3. The van der Waals surface area contributed by atoms with Crippen molar-refractivity contribution in [3.63, 3.8) is 0 Å². The summed E-state index contributed by atoms with van der Waals surface area (Å²) in [6.07, 6.45) is 0. The van der Waals surface area contributed by atoms with Gasteiger partial charge < -0.3 is 5.73 Å². The summed E-state index contributed by atoms with van der Waals surface area (Å²) in [5, 5.41) is 0. The second kappa shape index (κ2) is 6.26. The fraction of sp³-hybridized carbons (Fsp3) is 0.500. The van der Waals surface area contributed by atoms with E-state index < -0.39 is 10.0 Å². The van der Waals surface area contributed by atoms with Gasteiger partial charge >= 0.3 is 0 Å². The summed E-state index contributed by atoms with van der Waals surface area (Å²) in [4.78, 5) is 0. The first-order chi connectivity index (χ1) is 8.30. The molecule has 18 heavy (non-hydrogen) atoms. The molecule has 1 atom stereocenters. The predicted molar refractivity (Wildman–Crippen MR) is 69.8 cm³/mol. The van der Waals surface area contributed by atoms with Gasteiger partial charge in [0, 0.05) is 12.6 Å². The van der Waals surface area contributed by atoms with Crippen molar-refractivity contribution in [2.75, 3.05) is 6.54 Å². The summed E-state index contributed by atoms with van der Waals surface area (Å²) < 4.78 is 38.6. The second-order valence-corrected chi connectivity index (χ2v) is 6.45. The monoisotopic (exact) mass is 274 g/mol. The van der Waals surface area contributed by atoms with Gasteiger partial charge in [0.25, 0.3) is 0 Å². The average molecular weight is 274 g/mol. The topological polar surface area (TPSA) is 72.2 Å². The van der Waals surface area contributed by atoms with Crippen molar-refractivity contribution in [2.24, 2.45) is 11.7 Å². The lowest BCUT2D eigenvalue weighted by atomic mass is 10.1. The van der Waals surface area contributed by atoms with Crippen molar-refractivity contribution in [3.8, 4) is 0 Å². The zero-order chi connectivity index (χ0) is 13.8. The number of hydrogen-bond donors (Lipinski definition) is 2. The van der Waals surface area contributed by atoms with Crippen molar-refractivity contribution in [1.82, 2.24) is 4.72 Å². The minimum absolute atomic E-state index is 0.169. The molecule has 0 spiro atoms. The highest BCUT2D eigenvalue weighted by molar-refractivity contribution is 7.88. The van der Waals surface area contributed by atoms with Crippen LogP contribution >= 0.6 is 0 Å². The lowest BCUT2D eigenvalue weighted by Gasteiger charge is -2.16. The molecule has 3 N–H and O–H groups in total. The van der Waals surface area contributed by atoms with Crippen LogP contribution in [0.3, 0.4) is 0 Å². The Morgan fingerprint density at radius 3 is 2.33 bits per heavy atom. The van der Waals surface area contributed by atoms with Gasteiger partial charge in [-0.25, -0.2) is 17.5 Å². The molecule has 4 nitrogen and oxygen atoms in total. The molecule has 0 heterocycles. The molecule has 0 aliphatic heterocycles. The average Bonchev–Trinajstić information content (AvgIpc) is 2.29. The van der Waals surface area contributed by atoms with Gasteiger partial charge in [0.05, 0.1) is 5.75 Å². The van der Waals surface area contributed by atoms with Crippen LogP contribution in [0.4, 0.5) is 4.39 Å². The fourth-order valence-corrected chi connectivity index (χ4v) is 2.49. The van der Waals surface area contributed by atoms with Gasteiger partial charge in [-0.15, -0.1) is 0 Å². The molecule has 1 rings (SSSR count). The Labute approximate surface area is 107 Å². The molecular weight excluding hydrogens is 255 g/mol. The van der Waals surface area contributed by atoms with E-state index in [-0.39, 0.29) is 30.1 Å². The van der Waals surface area contributed by atoms with Gasteiger partial charge in [0.15, 0.2) is 0 Å². The molecule has 6 heteroatoms. The van der Waals surface area contributed by atoms with E-state index >= 15 is 0 Å². The third-order valence-electron chi connectivity index (χ3n) is 2.67. The Balaban J connectivity index is 2.57. The lowest BCUT2D eigenvalue weighted by molar-refractivity contribution is 0.481. The van der Waals surface area contributed by atoms with Gasteiger partial charge in [-0.1, -0.05) is 26.0 Å². The van der Waals surface area contributed by atoms with E-state index in [9.17, 15) is 12.8 Å². The largest absolute Gasteiger partial charge is 0.326 e. The number of rotatable bonds is 6. The summed E-state index contributed by atoms with van der Waals surface area (Å²) in [7, 11) is -3.43. The van der Waals surface area contributed by atoms with Gasteiger partial charge in [0.1, 0.15) is 5.82 Å². The van der Waals surface area contributed by atoms with E-state index in [4.69, 9.17) is 5.73 Å². The van der Waals surface area contributed by atoms with Crippen LogP contribution in [0, 0.1) is 11.7 Å². The molecule has 0 saturated heterocycles. The number of nitrogens with two attached hydrogens (primary N) is 1. The number of hydrogen-bond acceptors (Lipinski definition) is 3. The van der Waals surface area contributed by atoms with Crippen LogP contribution in [0.1, 0.15) is 19.4 Å². The summed E-state index contributed by atoms with van der Waals surface area (Å²) in [5.74, 6) is -0.345.